The number of carbonyl (C=O) groups excluding carboxylic acids is 1. The number of aliphatic imine (C=N–C) groups is 1. The lowest BCUT2D eigenvalue weighted by molar-refractivity contribution is -0.131. The Kier molecular flexibility index (Phi) is 7.98. The van der Waals surface area contributed by atoms with Crippen LogP contribution in [-0.2, 0) is 4.79 Å². The van der Waals surface area contributed by atoms with Crippen molar-refractivity contribution in [2.45, 2.75) is 96.9 Å². The standard InChI is InChI=1S/C21H38N4O/c1-4-6-13-21(14-7-5-2)19(26)25(20(22)24-21)16-9-8-15-23-17(3)18-11-10-12-18/h23H,4-16H2,1-3H3,(H2,22,24). The molecule has 1 amide bonds. The molecule has 1 saturated carbocycles. The Hall–Kier alpha value is -1.52. The molecular formula is C21H38N4O. The first-order valence-electron chi connectivity index (χ1n) is 10.6. The molecule has 1 aliphatic carbocycles. The Morgan fingerprint density at radius 3 is 2.35 bits per heavy atom. The van der Waals surface area contributed by atoms with Gasteiger partial charge in [-0.25, -0.2) is 4.99 Å². The van der Waals surface area contributed by atoms with Crippen LogP contribution in [0.25, 0.3) is 0 Å². The number of nitrogens with two attached hydrogens (primary N) is 1. The van der Waals surface area contributed by atoms with Crippen molar-refractivity contribution < 1.29 is 4.79 Å². The number of nitrogens with one attached hydrogen (secondary N) is 1. The van der Waals surface area contributed by atoms with E-state index in [1.807, 2.05) is 0 Å². The molecule has 1 fully saturated rings. The minimum absolute atomic E-state index is 0.137. The predicted molar refractivity (Wildman–Crippen MR) is 109 cm³/mol. The monoisotopic (exact) mass is 362 g/mol. The summed E-state index contributed by atoms with van der Waals surface area (Å²) in [7, 11) is 0. The lowest BCUT2D eigenvalue weighted by atomic mass is 9.87. The number of hydrogen-bond donors (Lipinski definition) is 2. The first kappa shape index (κ1) is 20.8. The SMILES string of the molecule is CCCCC1(CCCC)N=C(N)N(CCCCNC(C)=C2CCC2)C1=O. The van der Waals surface area contributed by atoms with Gasteiger partial charge in [-0.05, 0) is 51.9 Å². The number of rotatable bonds is 12. The molecule has 1 aliphatic heterocycles. The van der Waals surface area contributed by atoms with Gasteiger partial charge in [0.2, 0.25) is 0 Å². The zero-order valence-corrected chi connectivity index (χ0v) is 17.1. The van der Waals surface area contributed by atoms with Gasteiger partial charge in [0.15, 0.2) is 5.96 Å². The molecule has 0 spiro atoms. The van der Waals surface area contributed by atoms with Crippen molar-refractivity contribution in [3.8, 4) is 0 Å². The van der Waals surface area contributed by atoms with E-state index < -0.39 is 5.54 Å². The molecule has 5 heteroatoms. The van der Waals surface area contributed by atoms with E-state index in [2.05, 4.69) is 31.1 Å². The van der Waals surface area contributed by atoms with Gasteiger partial charge in [0.05, 0.1) is 0 Å². The maximum Gasteiger partial charge on any atom is 0.257 e. The molecule has 0 radical (unpaired) electrons. The number of allylic oxidation sites excluding steroid dienone is 2. The highest BCUT2D eigenvalue weighted by Crippen LogP contribution is 2.33. The first-order valence-corrected chi connectivity index (χ1v) is 10.6. The zero-order chi connectivity index (χ0) is 19.0. The van der Waals surface area contributed by atoms with Crippen LogP contribution >= 0.6 is 0 Å². The Morgan fingerprint density at radius 2 is 1.81 bits per heavy atom. The lowest BCUT2D eigenvalue weighted by Gasteiger charge is -2.26. The van der Waals surface area contributed by atoms with Crippen molar-refractivity contribution in [1.29, 1.82) is 0 Å². The summed E-state index contributed by atoms with van der Waals surface area (Å²) in [4.78, 5) is 19.5. The molecule has 0 unspecified atom stereocenters. The fraction of sp³-hybridized carbons (Fsp3) is 0.810. The molecule has 5 nitrogen and oxygen atoms in total. The van der Waals surface area contributed by atoms with Gasteiger partial charge in [-0.3, -0.25) is 9.69 Å². The normalized spacial score (nSPS) is 18.7. The maximum absolute atomic E-state index is 13.1. The fourth-order valence-corrected chi connectivity index (χ4v) is 3.81. The van der Waals surface area contributed by atoms with E-state index in [1.165, 1.54) is 25.0 Å². The quantitative estimate of drug-likeness (QED) is 0.514. The molecule has 2 aliphatic rings. The largest absolute Gasteiger partial charge is 0.389 e. The van der Waals surface area contributed by atoms with E-state index in [9.17, 15) is 4.79 Å². The number of carbonyl (C=O) groups is 1. The van der Waals surface area contributed by atoms with Crippen LogP contribution in [-0.4, -0.2) is 35.4 Å². The Bertz CT molecular complexity index is 524. The van der Waals surface area contributed by atoms with E-state index in [1.54, 1.807) is 10.5 Å². The van der Waals surface area contributed by atoms with Crippen molar-refractivity contribution in [3.63, 3.8) is 0 Å². The highest BCUT2D eigenvalue weighted by molar-refractivity contribution is 6.06. The number of guanidine groups is 1. The third-order valence-electron chi connectivity index (χ3n) is 5.82. The predicted octanol–water partition coefficient (Wildman–Crippen LogP) is 4.09. The van der Waals surface area contributed by atoms with E-state index in [4.69, 9.17) is 5.73 Å². The van der Waals surface area contributed by atoms with E-state index in [0.29, 0.717) is 12.5 Å². The summed E-state index contributed by atoms with van der Waals surface area (Å²) in [5, 5.41) is 3.52. The van der Waals surface area contributed by atoms with Crippen molar-refractivity contribution in [1.82, 2.24) is 10.2 Å². The Labute approximate surface area is 159 Å². The number of amides is 1. The smallest absolute Gasteiger partial charge is 0.257 e. The highest BCUT2D eigenvalue weighted by atomic mass is 16.2. The molecule has 0 bridgehead atoms. The van der Waals surface area contributed by atoms with Crippen LogP contribution in [0.1, 0.15) is 91.4 Å². The van der Waals surface area contributed by atoms with Crippen LogP contribution in [0.15, 0.2) is 16.3 Å². The van der Waals surface area contributed by atoms with Gasteiger partial charge in [0, 0.05) is 18.8 Å². The van der Waals surface area contributed by atoms with Gasteiger partial charge in [-0.2, -0.15) is 0 Å². The van der Waals surface area contributed by atoms with Crippen molar-refractivity contribution >= 4 is 11.9 Å². The summed E-state index contributed by atoms with van der Waals surface area (Å²) in [6.45, 7) is 8.15. The molecule has 26 heavy (non-hydrogen) atoms. The molecule has 0 aromatic carbocycles. The van der Waals surface area contributed by atoms with Crippen LogP contribution in [0, 0.1) is 0 Å². The maximum atomic E-state index is 13.1. The number of nitrogens with zero attached hydrogens (tertiary/aromatic N) is 2. The second-order valence-corrected chi connectivity index (χ2v) is 7.88. The van der Waals surface area contributed by atoms with Crippen molar-refractivity contribution in [3.05, 3.63) is 11.3 Å². The molecular weight excluding hydrogens is 324 g/mol. The van der Waals surface area contributed by atoms with Gasteiger partial charge in [0.25, 0.3) is 5.91 Å². The average molecular weight is 363 g/mol. The summed E-state index contributed by atoms with van der Waals surface area (Å²) < 4.78 is 0. The van der Waals surface area contributed by atoms with Gasteiger partial charge < -0.3 is 11.1 Å². The van der Waals surface area contributed by atoms with Gasteiger partial charge in [0.1, 0.15) is 5.54 Å². The summed E-state index contributed by atoms with van der Waals surface area (Å²) in [5.74, 6) is 0.570. The third-order valence-corrected chi connectivity index (χ3v) is 5.82. The minimum atomic E-state index is -0.584. The molecule has 3 N–H and O–H groups in total. The van der Waals surface area contributed by atoms with Crippen molar-refractivity contribution in [2.75, 3.05) is 13.1 Å². The van der Waals surface area contributed by atoms with Crippen LogP contribution in [0.3, 0.4) is 0 Å². The van der Waals surface area contributed by atoms with Crippen LogP contribution in [0.2, 0.25) is 0 Å². The highest BCUT2D eigenvalue weighted by Gasteiger charge is 2.46. The minimum Gasteiger partial charge on any atom is -0.389 e. The third kappa shape index (κ3) is 5.01. The zero-order valence-electron chi connectivity index (χ0n) is 17.1. The number of hydrogen-bond acceptors (Lipinski definition) is 4. The van der Waals surface area contributed by atoms with E-state index in [-0.39, 0.29) is 5.91 Å². The molecule has 0 aromatic rings. The molecule has 0 atom stereocenters. The summed E-state index contributed by atoms with van der Waals surface area (Å²) in [6, 6.07) is 0. The Balaban J connectivity index is 1.81. The second-order valence-electron chi connectivity index (χ2n) is 7.88. The van der Waals surface area contributed by atoms with Crippen LogP contribution < -0.4 is 11.1 Å². The summed E-state index contributed by atoms with van der Waals surface area (Å²) in [5.41, 5.74) is 8.50. The van der Waals surface area contributed by atoms with Crippen LogP contribution in [0.5, 0.6) is 0 Å². The van der Waals surface area contributed by atoms with Crippen molar-refractivity contribution in [2.24, 2.45) is 10.7 Å². The fourth-order valence-electron chi connectivity index (χ4n) is 3.81. The Morgan fingerprint density at radius 1 is 1.15 bits per heavy atom. The second kappa shape index (κ2) is 9.98. The van der Waals surface area contributed by atoms with Crippen LogP contribution in [0.4, 0.5) is 0 Å². The van der Waals surface area contributed by atoms with Gasteiger partial charge >= 0.3 is 0 Å². The summed E-state index contributed by atoms with van der Waals surface area (Å²) >= 11 is 0. The van der Waals surface area contributed by atoms with E-state index >= 15 is 0 Å². The van der Waals surface area contributed by atoms with Gasteiger partial charge in [-0.15, -0.1) is 0 Å². The molecule has 2 rings (SSSR count). The molecule has 1 heterocycles. The first-order chi connectivity index (χ1) is 12.5. The van der Waals surface area contributed by atoms with Gasteiger partial charge in [-0.1, -0.05) is 45.1 Å². The molecule has 0 saturated heterocycles. The lowest BCUT2D eigenvalue weighted by Crippen LogP contribution is -2.44. The average Bonchev–Trinajstić information content (AvgIpc) is 2.80. The van der Waals surface area contributed by atoms with E-state index in [0.717, 1.165) is 57.9 Å². The summed E-state index contributed by atoms with van der Waals surface area (Å²) in [6.07, 6.45) is 11.7. The molecule has 0 aromatic heterocycles. The number of unbranched alkanes of at least 4 members (excludes halogenated alkanes) is 3. The topological polar surface area (TPSA) is 70.7 Å². The molecule has 148 valence electrons.